The van der Waals surface area contributed by atoms with E-state index in [1.807, 2.05) is 24.3 Å². The van der Waals surface area contributed by atoms with Crippen LogP contribution in [0.3, 0.4) is 0 Å². The number of nitrogens with zero attached hydrogens (tertiary/aromatic N) is 4. The van der Waals surface area contributed by atoms with Crippen LogP contribution in [0.4, 0.5) is 15.8 Å². The number of hydrogen-bond acceptors (Lipinski definition) is 7. The third-order valence-corrected chi connectivity index (χ3v) is 14.0. The number of ether oxygens (including phenoxy) is 3. The summed E-state index contributed by atoms with van der Waals surface area (Å²) in [5.74, 6) is 1.62. The van der Waals surface area contributed by atoms with Gasteiger partial charge in [-0.15, -0.1) is 0 Å². The van der Waals surface area contributed by atoms with Crippen LogP contribution in [-0.2, 0) is 9.47 Å². The summed E-state index contributed by atoms with van der Waals surface area (Å²) < 4.78 is 31.2. The van der Waals surface area contributed by atoms with Crippen molar-refractivity contribution in [2.45, 2.75) is 50.7 Å². The molecule has 0 spiro atoms. The summed E-state index contributed by atoms with van der Waals surface area (Å²) in [5.41, 5.74) is 13.1. The number of fused-ring (bicyclic) bond motifs is 2. The van der Waals surface area contributed by atoms with Crippen LogP contribution in [0.2, 0.25) is 0 Å². The first-order valence-corrected chi connectivity index (χ1v) is 23.8. The number of halogens is 1. The van der Waals surface area contributed by atoms with Gasteiger partial charge in [0.15, 0.2) is 0 Å². The number of piperazine rings is 2. The van der Waals surface area contributed by atoms with Crippen molar-refractivity contribution >= 4 is 11.4 Å². The van der Waals surface area contributed by atoms with Crippen LogP contribution in [0.5, 0.6) is 5.75 Å². The number of hydrogen-bond donors (Lipinski definition) is 0. The Morgan fingerprint density at radius 2 is 0.892 bits per heavy atom. The molecule has 8 heteroatoms. The van der Waals surface area contributed by atoms with Crippen LogP contribution in [0.25, 0.3) is 22.3 Å². The molecule has 6 aromatic carbocycles. The van der Waals surface area contributed by atoms with E-state index in [9.17, 15) is 4.39 Å². The highest BCUT2D eigenvalue weighted by atomic mass is 19.1. The third kappa shape index (κ3) is 11.0. The van der Waals surface area contributed by atoms with Crippen molar-refractivity contribution in [1.82, 2.24) is 9.80 Å². The van der Waals surface area contributed by atoms with E-state index in [-0.39, 0.29) is 18.0 Å². The van der Waals surface area contributed by atoms with E-state index in [1.54, 1.807) is 19.2 Å². The minimum Gasteiger partial charge on any atom is -0.497 e. The molecule has 0 aliphatic carbocycles. The van der Waals surface area contributed by atoms with Crippen molar-refractivity contribution < 1.29 is 18.6 Å². The zero-order valence-electron chi connectivity index (χ0n) is 38.5. The monoisotopic (exact) mass is 873 g/mol. The molecule has 0 aromatic heterocycles. The molecule has 6 aromatic rings. The van der Waals surface area contributed by atoms with Gasteiger partial charge in [0.05, 0.1) is 32.5 Å². The number of benzene rings is 6. The molecule has 10 rings (SSSR count). The van der Waals surface area contributed by atoms with E-state index < -0.39 is 0 Å². The molecule has 4 heterocycles. The predicted octanol–water partition coefficient (Wildman–Crippen LogP) is 11.6. The summed E-state index contributed by atoms with van der Waals surface area (Å²) in [5, 5.41) is 0. The Balaban J connectivity index is 0.000000164. The Kier molecular flexibility index (Phi) is 14.6. The smallest absolute Gasteiger partial charge is 0.123 e. The molecular formula is C57H65FN4O3. The lowest BCUT2D eigenvalue weighted by molar-refractivity contribution is 0.0182. The summed E-state index contributed by atoms with van der Waals surface area (Å²) in [6.07, 6.45) is 2.38. The summed E-state index contributed by atoms with van der Waals surface area (Å²) in [7, 11) is 1.71. The Labute approximate surface area is 386 Å². The number of methoxy groups -OCH3 is 1. The van der Waals surface area contributed by atoms with E-state index in [0.29, 0.717) is 11.8 Å². The first-order valence-electron chi connectivity index (χ1n) is 23.8. The van der Waals surface area contributed by atoms with Gasteiger partial charge in [0.2, 0.25) is 0 Å². The standard InChI is InChI=1S/C29H34N2O2.C28H31FN2O/c1-22-21-33-29(28-20-24(8-13-27(22)28)23-6-4-3-5-7-23)14-15-30-16-18-31(19-17-30)25-9-11-26(32-2)12-10-25;1-21-20-32-28(27-19-23(7-12-26(21)27)22-5-3-2-4-6-22)13-14-30-15-17-31(18-16-30)25-10-8-24(29)9-11-25/h3-13,20,22,29H,14-19,21H2,1-2H3;2-12,19,21,28H,13-18,20H2,1H3. The lowest BCUT2D eigenvalue weighted by Crippen LogP contribution is -2.47. The van der Waals surface area contributed by atoms with Crippen LogP contribution in [0.15, 0.2) is 146 Å². The molecule has 65 heavy (non-hydrogen) atoms. The molecule has 4 atom stereocenters. The molecule has 4 unspecified atom stereocenters. The van der Waals surface area contributed by atoms with Crippen molar-refractivity contribution in [2.24, 2.45) is 0 Å². The van der Waals surface area contributed by atoms with Gasteiger partial charge >= 0.3 is 0 Å². The Morgan fingerprint density at radius 3 is 1.31 bits per heavy atom. The highest BCUT2D eigenvalue weighted by Crippen LogP contribution is 2.40. The van der Waals surface area contributed by atoms with Crippen molar-refractivity contribution in [1.29, 1.82) is 0 Å². The van der Waals surface area contributed by atoms with Gasteiger partial charge in [-0.05, 0) is 118 Å². The van der Waals surface area contributed by atoms with Gasteiger partial charge in [-0.25, -0.2) is 4.39 Å². The largest absolute Gasteiger partial charge is 0.497 e. The maximum atomic E-state index is 13.2. The topological polar surface area (TPSA) is 40.7 Å². The summed E-state index contributed by atoms with van der Waals surface area (Å²) >= 11 is 0. The van der Waals surface area contributed by atoms with Crippen molar-refractivity contribution in [2.75, 3.05) is 95.6 Å². The molecule has 0 saturated carbocycles. The van der Waals surface area contributed by atoms with E-state index in [2.05, 4.69) is 143 Å². The molecule has 0 bridgehead atoms. The van der Waals surface area contributed by atoms with Gasteiger partial charge in [-0.1, -0.05) is 98.8 Å². The first kappa shape index (κ1) is 44.7. The first-order chi connectivity index (χ1) is 31.9. The second-order valence-electron chi connectivity index (χ2n) is 18.3. The van der Waals surface area contributed by atoms with E-state index in [4.69, 9.17) is 14.2 Å². The Hall–Kier alpha value is -5.51. The summed E-state index contributed by atoms with van der Waals surface area (Å²) in [4.78, 5) is 9.93. The van der Waals surface area contributed by atoms with Crippen molar-refractivity contribution in [3.63, 3.8) is 0 Å². The van der Waals surface area contributed by atoms with Crippen LogP contribution < -0.4 is 14.5 Å². The summed E-state index contributed by atoms with van der Waals surface area (Å²) in [6, 6.07) is 50.4. The Bertz CT molecular complexity index is 2420. The van der Waals surface area contributed by atoms with Gasteiger partial charge < -0.3 is 24.0 Å². The lowest BCUT2D eigenvalue weighted by Gasteiger charge is -2.37. The van der Waals surface area contributed by atoms with Crippen LogP contribution in [0.1, 0.15) is 73.0 Å². The van der Waals surface area contributed by atoms with Gasteiger partial charge in [0.25, 0.3) is 0 Å². The maximum Gasteiger partial charge on any atom is 0.123 e. The zero-order valence-corrected chi connectivity index (χ0v) is 38.5. The molecule has 4 aliphatic heterocycles. The average Bonchev–Trinajstić information content (AvgIpc) is 3.37. The van der Waals surface area contributed by atoms with Gasteiger partial charge in [-0.2, -0.15) is 0 Å². The highest BCUT2D eigenvalue weighted by Gasteiger charge is 2.29. The minimum atomic E-state index is -0.176. The number of rotatable bonds is 11. The second kappa shape index (κ2) is 21.2. The molecule has 0 radical (unpaired) electrons. The van der Waals surface area contributed by atoms with Gasteiger partial charge in [0, 0.05) is 88.7 Å². The van der Waals surface area contributed by atoms with E-state index in [1.165, 1.54) is 50.2 Å². The SMILES string of the molecule is CC1COC(CCN2CCN(c3ccc(F)cc3)CC2)c2cc(-c3ccccc3)ccc21.COc1ccc(N2CCN(CCC3OCC(C)c4ccc(-c5ccccc5)cc43)CC2)cc1. The molecule has 338 valence electrons. The lowest BCUT2D eigenvalue weighted by atomic mass is 9.87. The van der Waals surface area contributed by atoms with Gasteiger partial charge in [-0.3, -0.25) is 9.80 Å². The molecular weight excluding hydrogens is 808 g/mol. The Morgan fingerprint density at radius 1 is 0.477 bits per heavy atom. The quantitative estimate of drug-likeness (QED) is 0.128. The molecule has 0 N–H and O–H groups in total. The third-order valence-electron chi connectivity index (χ3n) is 14.0. The normalized spacial score (nSPS) is 21.2. The summed E-state index contributed by atoms with van der Waals surface area (Å²) in [6.45, 7) is 16.5. The second-order valence-corrected chi connectivity index (χ2v) is 18.3. The number of anilines is 2. The van der Waals surface area contributed by atoms with Crippen molar-refractivity contribution in [3.05, 3.63) is 174 Å². The van der Waals surface area contributed by atoms with E-state index in [0.717, 1.165) is 103 Å². The van der Waals surface area contributed by atoms with E-state index >= 15 is 0 Å². The maximum absolute atomic E-state index is 13.2. The van der Waals surface area contributed by atoms with Crippen LogP contribution in [0, 0.1) is 5.82 Å². The zero-order chi connectivity index (χ0) is 44.5. The molecule has 2 fully saturated rings. The molecule has 7 nitrogen and oxygen atoms in total. The molecule has 0 amide bonds. The van der Waals surface area contributed by atoms with Gasteiger partial charge in [0.1, 0.15) is 11.6 Å². The average molecular weight is 873 g/mol. The fraction of sp³-hybridized carbons (Fsp3) is 0.368. The fourth-order valence-electron chi connectivity index (χ4n) is 10.1. The van der Waals surface area contributed by atoms with Crippen LogP contribution >= 0.6 is 0 Å². The molecule has 4 aliphatic rings. The van der Waals surface area contributed by atoms with Crippen molar-refractivity contribution in [3.8, 4) is 28.0 Å². The fourth-order valence-corrected chi connectivity index (χ4v) is 10.1. The minimum absolute atomic E-state index is 0.153. The molecule has 2 saturated heterocycles. The van der Waals surface area contributed by atoms with Crippen LogP contribution in [-0.4, -0.2) is 95.6 Å². The predicted molar refractivity (Wildman–Crippen MR) is 264 cm³/mol. The highest BCUT2D eigenvalue weighted by molar-refractivity contribution is 5.66.